The highest BCUT2D eigenvalue weighted by atomic mass is 16.3. The maximum atomic E-state index is 10.9. The number of aromatic nitrogens is 4. The molecule has 8 heteroatoms. The normalized spacial score (nSPS) is 16.2. The molecule has 0 amide bonds. The van der Waals surface area contributed by atoms with Crippen molar-refractivity contribution in [2.24, 2.45) is 0 Å². The van der Waals surface area contributed by atoms with Gasteiger partial charge in [0, 0.05) is 22.2 Å². The van der Waals surface area contributed by atoms with E-state index in [9.17, 15) is 20.4 Å². The first-order valence-corrected chi connectivity index (χ1v) is 12.0. The molecule has 4 N–H and O–H groups in total. The first-order chi connectivity index (χ1) is 17.2. The van der Waals surface area contributed by atoms with Crippen LogP contribution in [0.5, 0.6) is 0 Å². The Morgan fingerprint density at radius 2 is 0.972 bits per heavy atom. The number of nitrogens with zero attached hydrogens (tertiary/aromatic N) is 4. The molecular weight excluding hydrogens is 456 g/mol. The molecule has 8 nitrogen and oxygen atoms in total. The van der Waals surface area contributed by atoms with Crippen LogP contribution in [-0.4, -0.2) is 39.5 Å². The molecule has 2 aliphatic heterocycles. The number of fused-ring (bicyclic) bond motifs is 10. The monoisotopic (exact) mass is 486 g/mol. The summed E-state index contributed by atoms with van der Waals surface area (Å²) in [6, 6.07) is 11.0. The summed E-state index contributed by atoms with van der Waals surface area (Å²) in [5.41, 5.74) is 6.44. The van der Waals surface area contributed by atoms with Gasteiger partial charge in [-0.2, -0.15) is 0 Å². The SMILES string of the molecule is CC(O)c1cc2ccc3nc(c4nc(ccc5cc(C(C)O)c(c1n2C(C)O)n5C(C)O)C=C4)C=C3. The molecule has 0 radical (unpaired) electrons. The fourth-order valence-corrected chi connectivity index (χ4v) is 4.90. The van der Waals surface area contributed by atoms with Gasteiger partial charge < -0.3 is 29.6 Å². The number of hydrogen-bond donors (Lipinski definition) is 4. The van der Waals surface area contributed by atoms with Gasteiger partial charge in [-0.25, -0.2) is 9.97 Å². The summed E-state index contributed by atoms with van der Waals surface area (Å²) >= 11 is 0. The van der Waals surface area contributed by atoms with E-state index in [0.29, 0.717) is 33.2 Å². The maximum absolute atomic E-state index is 10.9. The van der Waals surface area contributed by atoms with E-state index in [1.165, 1.54) is 0 Å². The van der Waals surface area contributed by atoms with Gasteiger partial charge in [0.2, 0.25) is 0 Å². The van der Waals surface area contributed by atoms with Crippen LogP contribution >= 0.6 is 0 Å². The Morgan fingerprint density at radius 1 is 0.583 bits per heavy atom. The van der Waals surface area contributed by atoms with Gasteiger partial charge in [0.15, 0.2) is 0 Å². The predicted molar refractivity (Wildman–Crippen MR) is 141 cm³/mol. The van der Waals surface area contributed by atoms with Crippen molar-refractivity contribution < 1.29 is 20.4 Å². The van der Waals surface area contributed by atoms with E-state index >= 15 is 0 Å². The molecule has 4 unspecified atom stereocenters. The molecule has 3 aromatic rings. The van der Waals surface area contributed by atoms with Crippen LogP contribution in [0.3, 0.4) is 0 Å². The first-order valence-electron chi connectivity index (χ1n) is 12.0. The van der Waals surface area contributed by atoms with Gasteiger partial charge >= 0.3 is 0 Å². The van der Waals surface area contributed by atoms with Crippen molar-refractivity contribution in [3.05, 3.63) is 70.3 Å². The van der Waals surface area contributed by atoms with Gasteiger partial charge in [0.25, 0.3) is 0 Å². The Morgan fingerprint density at radius 3 is 1.31 bits per heavy atom. The van der Waals surface area contributed by atoms with Gasteiger partial charge in [-0.15, -0.1) is 0 Å². The lowest BCUT2D eigenvalue weighted by atomic mass is 10.1. The summed E-state index contributed by atoms with van der Waals surface area (Å²) < 4.78 is 3.40. The zero-order valence-corrected chi connectivity index (χ0v) is 20.7. The van der Waals surface area contributed by atoms with Crippen molar-refractivity contribution in [1.29, 1.82) is 0 Å². The Kier molecular flexibility index (Phi) is 6.13. The smallest absolute Gasteiger partial charge is 0.128 e. The van der Waals surface area contributed by atoms with Crippen LogP contribution in [0.1, 0.15) is 86.3 Å². The Labute approximate surface area is 208 Å². The van der Waals surface area contributed by atoms with E-state index in [-0.39, 0.29) is 0 Å². The van der Waals surface area contributed by atoms with Crippen molar-refractivity contribution in [3.8, 4) is 0 Å². The van der Waals surface area contributed by atoms with Crippen LogP contribution in [0, 0.1) is 0 Å². The van der Waals surface area contributed by atoms with Gasteiger partial charge in [-0.05, 0) is 88.4 Å². The van der Waals surface area contributed by atoms with Gasteiger partial charge in [0.1, 0.15) is 12.5 Å². The molecule has 5 heterocycles. The van der Waals surface area contributed by atoms with Gasteiger partial charge in [-0.1, -0.05) is 0 Å². The lowest BCUT2D eigenvalue weighted by molar-refractivity contribution is 0.129. The Bertz CT molecular complexity index is 1440. The van der Waals surface area contributed by atoms with E-state index in [0.717, 1.165) is 22.8 Å². The quantitative estimate of drug-likeness (QED) is 0.292. The van der Waals surface area contributed by atoms with Crippen molar-refractivity contribution in [2.45, 2.75) is 52.4 Å². The van der Waals surface area contributed by atoms with Gasteiger partial charge in [0.05, 0.1) is 46.0 Å². The van der Waals surface area contributed by atoms with Crippen molar-refractivity contribution >= 4 is 46.4 Å². The topological polar surface area (TPSA) is 117 Å². The largest absolute Gasteiger partial charge is 0.389 e. The molecule has 5 rings (SSSR count). The molecule has 186 valence electrons. The van der Waals surface area contributed by atoms with E-state index in [1.54, 1.807) is 36.8 Å². The van der Waals surface area contributed by atoms with E-state index in [4.69, 9.17) is 0 Å². The highest BCUT2D eigenvalue weighted by molar-refractivity contribution is 5.90. The Balaban J connectivity index is 2.08. The molecule has 0 spiro atoms. The predicted octanol–water partition coefficient (Wildman–Crippen LogP) is 4.73. The number of hydrogen-bond acceptors (Lipinski definition) is 6. The highest BCUT2D eigenvalue weighted by Gasteiger charge is 2.23. The van der Waals surface area contributed by atoms with Crippen molar-refractivity contribution in [2.75, 3.05) is 0 Å². The first kappa shape index (κ1) is 24.1. The molecule has 0 aromatic carbocycles. The number of aliphatic hydroxyl groups is 4. The van der Waals surface area contributed by atoms with Crippen molar-refractivity contribution in [1.82, 2.24) is 19.1 Å². The minimum atomic E-state index is -0.961. The lowest BCUT2D eigenvalue weighted by Gasteiger charge is -2.17. The van der Waals surface area contributed by atoms with E-state index < -0.39 is 24.7 Å². The van der Waals surface area contributed by atoms with Crippen LogP contribution in [0.15, 0.2) is 36.4 Å². The summed E-state index contributed by atoms with van der Waals surface area (Å²) in [5, 5.41) is 43.3. The zero-order chi connectivity index (χ0) is 25.7. The number of rotatable bonds is 4. The summed E-state index contributed by atoms with van der Waals surface area (Å²) in [6.07, 6.45) is 3.95. The number of aliphatic hydroxyl groups excluding tert-OH is 4. The summed E-state index contributed by atoms with van der Waals surface area (Å²) in [5.74, 6) is 0. The molecule has 0 saturated heterocycles. The standard InChI is InChI=1S/C28H30N4O4/c1-15(33)23-13-21-9-5-19-7-11-25(29-19)26-12-8-20(30-26)6-10-22-14-24(16(2)34)28(32(22)18(4)36)27(23)31(21)17(3)35/h5-18,33-36H,1-4H3. The average Bonchev–Trinajstić information content (AvgIpc) is 3.58. The van der Waals surface area contributed by atoms with Crippen molar-refractivity contribution in [3.63, 3.8) is 0 Å². The van der Waals surface area contributed by atoms with Gasteiger partial charge in [-0.3, -0.25) is 0 Å². The summed E-state index contributed by atoms with van der Waals surface area (Å²) in [7, 11) is 0. The van der Waals surface area contributed by atoms with Crippen LogP contribution in [0.4, 0.5) is 0 Å². The fourth-order valence-electron chi connectivity index (χ4n) is 4.90. The van der Waals surface area contributed by atoms with E-state index in [2.05, 4.69) is 9.97 Å². The third-order valence-corrected chi connectivity index (χ3v) is 6.50. The molecular formula is C28H30N4O4. The second kappa shape index (κ2) is 9.15. The van der Waals surface area contributed by atoms with Crippen LogP contribution in [-0.2, 0) is 0 Å². The molecule has 0 fully saturated rings. The molecule has 0 aliphatic carbocycles. The van der Waals surface area contributed by atoms with Crippen LogP contribution in [0.2, 0.25) is 0 Å². The zero-order valence-electron chi connectivity index (χ0n) is 20.7. The minimum Gasteiger partial charge on any atom is -0.389 e. The second-order valence-corrected chi connectivity index (χ2v) is 9.28. The summed E-state index contributed by atoms with van der Waals surface area (Å²) in [4.78, 5) is 9.33. The molecule has 36 heavy (non-hydrogen) atoms. The lowest BCUT2D eigenvalue weighted by Crippen LogP contribution is -2.09. The highest BCUT2D eigenvalue weighted by Crippen LogP contribution is 2.36. The molecule has 8 bridgehead atoms. The average molecular weight is 487 g/mol. The van der Waals surface area contributed by atoms with Crippen LogP contribution < -0.4 is 0 Å². The third-order valence-electron chi connectivity index (χ3n) is 6.50. The molecule has 2 aliphatic rings. The molecule has 3 aromatic heterocycles. The minimum absolute atomic E-state index is 0.521. The Hall–Kier alpha value is -3.56. The van der Waals surface area contributed by atoms with Crippen LogP contribution in [0.25, 0.3) is 46.4 Å². The van der Waals surface area contributed by atoms with E-state index in [1.807, 2.05) is 60.7 Å². The third kappa shape index (κ3) is 4.08. The maximum Gasteiger partial charge on any atom is 0.128 e. The second-order valence-electron chi connectivity index (χ2n) is 9.28. The molecule has 4 atom stereocenters. The molecule has 0 saturated carbocycles. The summed E-state index contributed by atoms with van der Waals surface area (Å²) in [6.45, 7) is 6.59. The fraction of sp³-hybridized carbons (Fsp3) is 0.286.